The molecule has 0 radical (unpaired) electrons. The van der Waals surface area contributed by atoms with E-state index in [9.17, 15) is 8.78 Å². The molecule has 80 valence electrons. The largest absolute Gasteiger partial charge is 0.204 e. The highest BCUT2D eigenvalue weighted by Crippen LogP contribution is 2.23. The van der Waals surface area contributed by atoms with Gasteiger partial charge in [-0.3, -0.25) is 0 Å². The van der Waals surface area contributed by atoms with Crippen molar-refractivity contribution in [3.8, 4) is 0 Å². The lowest BCUT2D eigenvalue weighted by Crippen LogP contribution is -1.95. The molecule has 1 rings (SSSR count). The van der Waals surface area contributed by atoms with Crippen LogP contribution in [-0.4, -0.2) is 0 Å². The Kier molecular flexibility index (Phi) is 6.29. The van der Waals surface area contributed by atoms with E-state index in [1.165, 1.54) is 0 Å². The van der Waals surface area contributed by atoms with Gasteiger partial charge in [-0.1, -0.05) is 29.3 Å². The number of halogens is 4. The second-order valence-electron chi connectivity index (χ2n) is 2.93. The SMILES string of the molecule is CCCCc1c(Br)ccc(F)c1F.Cl. The zero-order valence-electron chi connectivity index (χ0n) is 7.82. The number of rotatable bonds is 3. The van der Waals surface area contributed by atoms with E-state index >= 15 is 0 Å². The molecule has 0 amide bonds. The van der Waals surface area contributed by atoms with Crippen LogP contribution in [0.25, 0.3) is 0 Å². The Morgan fingerprint density at radius 3 is 2.50 bits per heavy atom. The molecule has 0 saturated carbocycles. The van der Waals surface area contributed by atoms with E-state index < -0.39 is 11.6 Å². The van der Waals surface area contributed by atoms with Crippen molar-refractivity contribution < 1.29 is 8.78 Å². The van der Waals surface area contributed by atoms with Crippen LogP contribution in [0.2, 0.25) is 0 Å². The van der Waals surface area contributed by atoms with E-state index in [0.29, 0.717) is 16.5 Å². The van der Waals surface area contributed by atoms with Crippen LogP contribution in [0, 0.1) is 11.6 Å². The summed E-state index contributed by atoms with van der Waals surface area (Å²) in [6, 6.07) is 2.68. The van der Waals surface area contributed by atoms with E-state index in [0.717, 1.165) is 18.9 Å². The lowest BCUT2D eigenvalue weighted by Gasteiger charge is -2.05. The van der Waals surface area contributed by atoms with Crippen molar-refractivity contribution in [3.05, 3.63) is 33.8 Å². The van der Waals surface area contributed by atoms with Crippen molar-refractivity contribution in [3.63, 3.8) is 0 Å². The summed E-state index contributed by atoms with van der Waals surface area (Å²) in [6.07, 6.45) is 2.43. The van der Waals surface area contributed by atoms with Crippen LogP contribution in [0.15, 0.2) is 16.6 Å². The predicted molar refractivity (Wildman–Crippen MR) is 59.9 cm³/mol. The maximum atomic E-state index is 13.2. The first-order chi connectivity index (χ1) is 6.16. The Morgan fingerprint density at radius 2 is 1.93 bits per heavy atom. The van der Waals surface area contributed by atoms with E-state index in [2.05, 4.69) is 15.9 Å². The van der Waals surface area contributed by atoms with Gasteiger partial charge in [-0.2, -0.15) is 0 Å². The molecule has 0 saturated heterocycles. The highest BCUT2D eigenvalue weighted by Gasteiger charge is 2.10. The fourth-order valence-corrected chi connectivity index (χ4v) is 1.66. The molecule has 0 fully saturated rings. The zero-order chi connectivity index (χ0) is 9.84. The van der Waals surface area contributed by atoms with Gasteiger partial charge < -0.3 is 0 Å². The van der Waals surface area contributed by atoms with Gasteiger partial charge in [0.2, 0.25) is 0 Å². The van der Waals surface area contributed by atoms with Gasteiger partial charge in [0.15, 0.2) is 11.6 Å². The smallest absolute Gasteiger partial charge is 0.163 e. The molecule has 0 aliphatic rings. The van der Waals surface area contributed by atoms with Crippen molar-refractivity contribution >= 4 is 28.3 Å². The topological polar surface area (TPSA) is 0 Å². The molecule has 0 spiro atoms. The molecule has 0 aliphatic heterocycles. The fourth-order valence-electron chi connectivity index (χ4n) is 1.15. The first-order valence-corrected chi connectivity index (χ1v) is 5.08. The molecule has 0 aliphatic carbocycles. The molecule has 0 bridgehead atoms. The van der Waals surface area contributed by atoms with Crippen molar-refractivity contribution in [2.24, 2.45) is 0 Å². The van der Waals surface area contributed by atoms with Crippen LogP contribution in [0.3, 0.4) is 0 Å². The Hall–Kier alpha value is -0.150. The Morgan fingerprint density at radius 1 is 1.29 bits per heavy atom. The molecule has 0 atom stereocenters. The van der Waals surface area contributed by atoms with Crippen LogP contribution in [0.5, 0.6) is 0 Å². The van der Waals surface area contributed by atoms with Gasteiger partial charge in [-0.05, 0) is 25.0 Å². The van der Waals surface area contributed by atoms with Crippen molar-refractivity contribution in [2.45, 2.75) is 26.2 Å². The molecule has 0 heterocycles. The third-order valence-electron chi connectivity index (χ3n) is 1.92. The highest BCUT2D eigenvalue weighted by atomic mass is 79.9. The summed E-state index contributed by atoms with van der Waals surface area (Å²) in [5.74, 6) is -1.49. The van der Waals surface area contributed by atoms with Gasteiger partial charge in [0.05, 0.1) is 0 Å². The van der Waals surface area contributed by atoms with Crippen LogP contribution in [0.1, 0.15) is 25.3 Å². The third-order valence-corrected chi connectivity index (χ3v) is 2.66. The maximum Gasteiger partial charge on any atom is 0.163 e. The molecule has 0 aromatic heterocycles. The van der Waals surface area contributed by atoms with Crippen LogP contribution < -0.4 is 0 Å². The summed E-state index contributed by atoms with van der Waals surface area (Å²) in [4.78, 5) is 0. The van der Waals surface area contributed by atoms with Gasteiger partial charge in [0.1, 0.15) is 0 Å². The lowest BCUT2D eigenvalue weighted by atomic mass is 10.1. The summed E-state index contributed by atoms with van der Waals surface area (Å²) in [6.45, 7) is 2.02. The van der Waals surface area contributed by atoms with E-state index in [4.69, 9.17) is 0 Å². The minimum atomic E-state index is -0.769. The number of unbranched alkanes of at least 4 members (excludes halogenated alkanes) is 1. The van der Waals surface area contributed by atoms with Crippen molar-refractivity contribution in [2.75, 3.05) is 0 Å². The standard InChI is InChI=1S/C10H11BrF2.ClH/c1-2-3-4-7-8(11)5-6-9(12)10(7)13;/h5-6H,2-4H2,1H3;1H. The summed E-state index contributed by atoms with van der Waals surface area (Å²) in [7, 11) is 0. The van der Waals surface area contributed by atoms with Gasteiger partial charge in [-0.15, -0.1) is 12.4 Å². The Bertz CT molecular complexity index is 302. The Balaban J connectivity index is 0.00000169. The molecule has 0 nitrogen and oxygen atoms in total. The average molecular weight is 286 g/mol. The van der Waals surface area contributed by atoms with E-state index in [1.54, 1.807) is 6.07 Å². The van der Waals surface area contributed by atoms with E-state index in [1.807, 2.05) is 6.92 Å². The fraction of sp³-hybridized carbons (Fsp3) is 0.400. The molecule has 0 N–H and O–H groups in total. The number of hydrogen-bond acceptors (Lipinski definition) is 0. The quantitative estimate of drug-likeness (QED) is 0.718. The molecule has 0 unspecified atom stereocenters. The molecule has 1 aromatic carbocycles. The minimum Gasteiger partial charge on any atom is -0.204 e. The van der Waals surface area contributed by atoms with Gasteiger partial charge in [0, 0.05) is 10.0 Å². The van der Waals surface area contributed by atoms with E-state index in [-0.39, 0.29) is 12.4 Å². The van der Waals surface area contributed by atoms with Gasteiger partial charge in [-0.25, -0.2) is 8.78 Å². The molecule has 14 heavy (non-hydrogen) atoms. The number of benzene rings is 1. The predicted octanol–water partition coefficient (Wildman–Crippen LogP) is 4.49. The molecule has 4 heteroatoms. The lowest BCUT2D eigenvalue weighted by molar-refractivity contribution is 0.496. The third kappa shape index (κ3) is 3.21. The van der Waals surface area contributed by atoms with Gasteiger partial charge in [0.25, 0.3) is 0 Å². The summed E-state index contributed by atoms with van der Waals surface area (Å²) in [5, 5.41) is 0. The minimum absolute atomic E-state index is 0. The van der Waals surface area contributed by atoms with Crippen molar-refractivity contribution in [1.29, 1.82) is 0 Å². The Labute approximate surface area is 97.2 Å². The summed E-state index contributed by atoms with van der Waals surface area (Å²) < 4.78 is 26.6. The zero-order valence-corrected chi connectivity index (χ0v) is 10.2. The first kappa shape index (κ1) is 13.8. The maximum absolute atomic E-state index is 13.2. The second kappa shape index (κ2) is 6.36. The average Bonchev–Trinajstić information content (AvgIpc) is 2.12. The molecular formula is C10H12BrClF2. The van der Waals surface area contributed by atoms with Crippen LogP contribution >= 0.6 is 28.3 Å². The van der Waals surface area contributed by atoms with Crippen LogP contribution in [-0.2, 0) is 6.42 Å². The normalized spacial score (nSPS) is 9.71. The monoisotopic (exact) mass is 284 g/mol. The van der Waals surface area contributed by atoms with Crippen LogP contribution in [0.4, 0.5) is 8.78 Å². The number of hydrogen-bond donors (Lipinski definition) is 0. The van der Waals surface area contributed by atoms with Crippen molar-refractivity contribution in [1.82, 2.24) is 0 Å². The van der Waals surface area contributed by atoms with Gasteiger partial charge >= 0.3 is 0 Å². The summed E-state index contributed by atoms with van der Waals surface area (Å²) in [5.41, 5.74) is 0.446. The first-order valence-electron chi connectivity index (χ1n) is 4.29. The summed E-state index contributed by atoms with van der Waals surface area (Å²) >= 11 is 3.20. The highest BCUT2D eigenvalue weighted by molar-refractivity contribution is 9.10. The second-order valence-corrected chi connectivity index (χ2v) is 3.78. The molecule has 1 aromatic rings. The molecular weight excluding hydrogens is 273 g/mol.